The third-order valence-electron chi connectivity index (χ3n) is 3.95. The van der Waals surface area contributed by atoms with Crippen molar-refractivity contribution in [2.45, 2.75) is 12.8 Å². The second kappa shape index (κ2) is 9.27. The molecule has 0 aromatic heterocycles. The maximum Gasteiger partial charge on any atom is 0.251 e. The summed E-state index contributed by atoms with van der Waals surface area (Å²) in [6.07, 6.45) is 1.12. The van der Waals surface area contributed by atoms with Crippen LogP contribution in [0.15, 0.2) is 30.3 Å². The fraction of sp³-hybridized carbons (Fsp3) is 0.471. The summed E-state index contributed by atoms with van der Waals surface area (Å²) in [5.41, 5.74) is 0.528. The molecule has 6 nitrogen and oxygen atoms in total. The molecule has 7 heteroatoms. The minimum Gasteiger partial charge on any atom is -0.343 e. The molecule has 0 spiro atoms. The molecule has 1 aliphatic rings. The standard InChI is InChI=1S/C17H22ClN3O3/c18-8-4-7-15(22)20-9-11-21(12-10-20)16(23)13-19-17(24)14-5-2-1-3-6-14/h1-3,5-6H,4,7-13H2,(H,19,24). The van der Waals surface area contributed by atoms with Crippen molar-refractivity contribution in [3.8, 4) is 0 Å². The van der Waals surface area contributed by atoms with Crippen LogP contribution in [0.5, 0.6) is 0 Å². The lowest BCUT2D eigenvalue weighted by Gasteiger charge is -2.34. The summed E-state index contributed by atoms with van der Waals surface area (Å²) in [5, 5.41) is 2.63. The van der Waals surface area contributed by atoms with Gasteiger partial charge in [0, 0.05) is 44.0 Å². The molecular weight excluding hydrogens is 330 g/mol. The van der Waals surface area contributed by atoms with Gasteiger partial charge in [-0.25, -0.2) is 0 Å². The molecule has 1 heterocycles. The molecular formula is C17H22ClN3O3. The second-order valence-electron chi connectivity index (χ2n) is 5.60. The third kappa shape index (κ3) is 5.23. The molecule has 0 radical (unpaired) electrons. The lowest BCUT2D eigenvalue weighted by Crippen LogP contribution is -2.52. The van der Waals surface area contributed by atoms with E-state index in [1.807, 2.05) is 6.07 Å². The Hall–Kier alpha value is -2.08. The molecule has 1 N–H and O–H groups in total. The number of hydrogen-bond acceptors (Lipinski definition) is 3. The Kier molecular flexibility index (Phi) is 7.06. The molecule has 130 valence electrons. The summed E-state index contributed by atoms with van der Waals surface area (Å²) in [7, 11) is 0. The molecule has 0 bridgehead atoms. The van der Waals surface area contributed by atoms with E-state index >= 15 is 0 Å². The Morgan fingerprint density at radius 2 is 1.54 bits per heavy atom. The van der Waals surface area contributed by atoms with Crippen LogP contribution in [0.2, 0.25) is 0 Å². The van der Waals surface area contributed by atoms with Crippen LogP contribution >= 0.6 is 11.6 Å². The maximum atomic E-state index is 12.2. The monoisotopic (exact) mass is 351 g/mol. The quantitative estimate of drug-likeness (QED) is 0.780. The molecule has 1 fully saturated rings. The fourth-order valence-electron chi connectivity index (χ4n) is 2.54. The van der Waals surface area contributed by atoms with Gasteiger partial charge in [-0.2, -0.15) is 0 Å². The summed E-state index contributed by atoms with van der Waals surface area (Å²) in [6.45, 7) is 2.01. The lowest BCUT2D eigenvalue weighted by molar-refractivity contribution is -0.139. The molecule has 0 saturated carbocycles. The highest BCUT2D eigenvalue weighted by atomic mass is 35.5. The molecule has 3 amide bonds. The number of rotatable bonds is 6. The van der Waals surface area contributed by atoms with Gasteiger partial charge in [0.1, 0.15) is 0 Å². The Balaban J connectivity index is 1.73. The molecule has 2 rings (SSSR count). The van der Waals surface area contributed by atoms with Crippen molar-refractivity contribution in [3.63, 3.8) is 0 Å². The number of piperazine rings is 1. The van der Waals surface area contributed by atoms with Crippen LogP contribution < -0.4 is 5.32 Å². The van der Waals surface area contributed by atoms with Crippen molar-refractivity contribution in [2.75, 3.05) is 38.6 Å². The van der Waals surface area contributed by atoms with Gasteiger partial charge in [0.05, 0.1) is 6.54 Å². The zero-order valence-corrected chi connectivity index (χ0v) is 14.3. The number of nitrogens with zero attached hydrogens (tertiary/aromatic N) is 2. The Bertz CT molecular complexity index is 572. The van der Waals surface area contributed by atoms with Crippen LogP contribution in [0, 0.1) is 0 Å². The van der Waals surface area contributed by atoms with Crippen molar-refractivity contribution in [3.05, 3.63) is 35.9 Å². The Morgan fingerprint density at radius 3 is 2.12 bits per heavy atom. The first-order chi connectivity index (χ1) is 11.6. The first-order valence-electron chi connectivity index (χ1n) is 8.06. The molecule has 0 aliphatic carbocycles. The van der Waals surface area contributed by atoms with E-state index < -0.39 is 0 Å². The number of benzene rings is 1. The van der Waals surface area contributed by atoms with Gasteiger partial charge in [0.25, 0.3) is 5.91 Å². The van der Waals surface area contributed by atoms with Crippen LogP contribution in [0.25, 0.3) is 0 Å². The largest absolute Gasteiger partial charge is 0.343 e. The van der Waals surface area contributed by atoms with Gasteiger partial charge in [-0.1, -0.05) is 18.2 Å². The first kappa shape index (κ1) is 18.3. The average molecular weight is 352 g/mol. The van der Waals surface area contributed by atoms with E-state index in [1.54, 1.807) is 34.1 Å². The first-order valence-corrected chi connectivity index (χ1v) is 8.60. The van der Waals surface area contributed by atoms with E-state index in [9.17, 15) is 14.4 Å². The molecule has 0 atom stereocenters. The topological polar surface area (TPSA) is 69.7 Å². The lowest BCUT2D eigenvalue weighted by atomic mass is 10.2. The average Bonchev–Trinajstić information content (AvgIpc) is 2.64. The highest BCUT2D eigenvalue weighted by Crippen LogP contribution is 2.06. The third-order valence-corrected chi connectivity index (χ3v) is 4.21. The van der Waals surface area contributed by atoms with Gasteiger partial charge in [-0.3, -0.25) is 14.4 Å². The zero-order chi connectivity index (χ0) is 17.4. The van der Waals surface area contributed by atoms with Crippen LogP contribution in [0.4, 0.5) is 0 Å². The summed E-state index contributed by atoms with van der Waals surface area (Å²) in [4.78, 5) is 39.5. The van der Waals surface area contributed by atoms with Gasteiger partial charge in [-0.15, -0.1) is 11.6 Å². The predicted octanol–water partition coefficient (Wildman–Crippen LogP) is 1.11. The zero-order valence-electron chi connectivity index (χ0n) is 13.5. The predicted molar refractivity (Wildman–Crippen MR) is 91.9 cm³/mol. The maximum absolute atomic E-state index is 12.2. The van der Waals surface area contributed by atoms with Gasteiger partial charge < -0.3 is 15.1 Å². The minimum atomic E-state index is -0.265. The summed E-state index contributed by atoms with van der Waals surface area (Å²) in [6, 6.07) is 8.78. The Labute approximate surface area is 146 Å². The molecule has 24 heavy (non-hydrogen) atoms. The summed E-state index contributed by atoms with van der Waals surface area (Å²) in [5.74, 6) is 0.164. The van der Waals surface area contributed by atoms with Crippen LogP contribution in [0.3, 0.4) is 0 Å². The van der Waals surface area contributed by atoms with E-state index in [-0.39, 0.29) is 24.3 Å². The minimum absolute atomic E-state index is 0.0338. The van der Waals surface area contributed by atoms with Crippen LogP contribution in [0.1, 0.15) is 23.2 Å². The van der Waals surface area contributed by atoms with Crippen LogP contribution in [-0.2, 0) is 9.59 Å². The van der Waals surface area contributed by atoms with Crippen molar-refractivity contribution in [2.24, 2.45) is 0 Å². The number of alkyl halides is 1. The molecule has 1 saturated heterocycles. The number of halogens is 1. The van der Waals surface area contributed by atoms with E-state index in [0.717, 1.165) is 0 Å². The second-order valence-corrected chi connectivity index (χ2v) is 5.98. The molecule has 0 unspecified atom stereocenters. The highest BCUT2D eigenvalue weighted by Gasteiger charge is 2.23. The van der Waals surface area contributed by atoms with Crippen molar-refractivity contribution in [1.82, 2.24) is 15.1 Å². The number of carbonyl (C=O) groups is 3. The number of nitrogens with one attached hydrogen (secondary N) is 1. The molecule has 1 aliphatic heterocycles. The van der Waals surface area contributed by atoms with Gasteiger partial charge in [0.2, 0.25) is 11.8 Å². The van der Waals surface area contributed by atoms with Crippen molar-refractivity contribution >= 4 is 29.3 Å². The molecule has 1 aromatic carbocycles. The number of amides is 3. The SMILES string of the molecule is O=C(NCC(=O)N1CCN(C(=O)CCCCl)CC1)c1ccccc1. The van der Waals surface area contributed by atoms with Crippen molar-refractivity contribution < 1.29 is 14.4 Å². The smallest absolute Gasteiger partial charge is 0.251 e. The van der Waals surface area contributed by atoms with E-state index in [2.05, 4.69) is 5.32 Å². The van der Waals surface area contributed by atoms with Gasteiger partial charge in [-0.05, 0) is 18.6 Å². The normalized spacial score (nSPS) is 14.4. The fourth-order valence-corrected chi connectivity index (χ4v) is 2.67. The summed E-state index contributed by atoms with van der Waals surface area (Å²) < 4.78 is 0. The molecule has 1 aromatic rings. The van der Waals surface area contributed by atoms with Crippen molar-refractivity contribution in [1.29, 1.82) is 0 Å². The Morgan fingerprint density at radius 1 is 0.958 bits per heavy atom. The van der Waals surface area contributed by atoms with Gasteiger partial charge >= 0.3 is 0 Å². The summed E-state index contributed by atoms with van der Waals surface area (Å²) >= 11 is 5.60. The number of carbonyl (C=O) groups excluding carboxylic acids is 3. The van der Waals surface area contributed by atoms with E-state index in [1.165, 1.54) is 0 Å². The van der Waals surface area contributed by atoms with E-state index in [4.69, 9.17) is 11.6 Å². The van der Waals surface area contributed by atoms with Gasteiger partial charge in [0.15, 0.2) is 0 Å². The number of hydrogen-bond donors (Lipinski definition) is 1. The highest BCUT2D eigenvalue weighted by molar-refractivity contribution is 6.17. The van der Waals surface area contributed by atoms with Crippen LogP contribution in [-0.4, -0.2) is 66.1 Å². The van der Waals surface area contributed by atoms with E-state index in [0.29, 0.717) is 50.5 Å².